The molecule has 3 rings (SSSR count). The third-order valence-electron chi connectivity index (χ3n) is 5.36. The first-order valence-electron chi connectivity index (χ1n) is 11.4. The summed E-state index contributed by atoms with van der Waals surface area (Å²) >= 11 is 13.8. The van der Waals surface area contributed by atoms with Crippen molar-refractivity contribution in [2.75, 3.05) is 46.4 Å². The smallest absolute Gasteiger partial charge is 0.227 e. The largest absolute Gasteiger partial charge is 0.353 e. The summed E-state index contributed by atoms with van der Waals surface area (Å²) in [6.07, 6.45) is 8.07. The fourth-order valence-corrected chi connectivity index (χ4v) is 6.33. The van der Waals surface area contributed by atoms with E-state index in [4.69, 9.17) is 0 Å². The molecule has 1 N–H and O–H groups in total. The third-order valence-corrected chi connectivity index (χ3v) is 9.10. The Morgan fingerprint density at radius 3 is 2.09 bits per heavy atom. The third kappa shape index (κ3) is 9.57. The van der Waals surface area contributed by atoms with Gasteiger partial charge in [0.15, 0.2) is 10.3 Å². The van der Waals surface area contributed by atoms with Gasteiger partial charge in [0, 0.05) is 23.8 Å². The van der Waals surface area contributed by atoms with Crippen LogP contribution in [0.2, 0.25) is 0 Å². The molecule has 9 heteroatoms. The van der Waals surface area contributed by atoms with E-state index in [9.17, 15) is 0 Å². The van der Waals surface area contributed by atoms with Gasteiger partial charge in [0.1, 0.15) is 0 Å². The normalized spacial score (nSPS) is 14.6. The van der Waals surface area contributed by atoms with Gasteiger partial charge in [0.05, 0.1) is 0 Å². The number of rotatable bonds is 14. The zero-order chi connectivity index (χ0) is 22.4. The molecule has 0 atom stereocenters. The maximum absolute atomic E-state index is 4.55. The van der Waals surface area contributed by atoms with Crippen LogP contribution in [0, 0.1) is 0 Å². The lowest BCUT2D eigenvalue weighted by Crippen LogP contribution is -2.10. The molecular weight excluding hydrogens is 493 g/mol. The summed E-state index contributed by atoms with van der Waals surface area (Å²) in [6, 6.07) is 9.40. The molecule has 4 nitrogen and oxygen atoms in total. The highest BCUT2D eigenvalue weighted by Gasteiger charge is 2.15. The molecule has 1 aliphatic rings. The van der Waals surface area contributed by atoms with Gasteiger partial charge < -0.3 is 5.32 Å². The summed E-state index contributed by atoms with van der Waals surface area (Å²) < 4.78 is 0. The highest BCUT2D eigenvalue weighted by atomic mass is 32.2. The average molecular weight is 527 g/mol. The molecule has 1 heterocycles. The summed E-state index contributed by atoms with van der Waals surface area (Å²) in [5.74, 6) is 7.01. The van der Waals surface area contributed by atoms with Crippen LogP contribution in [0.5, 0.6) is 0 Å². The zero-order valence-corrected chi connectivity index (χ0v) is 22.8. The van der Waals surface area contributed by atoms with Gasteiger partial charge in [0.25, 0.3) is 0 Å². The van der Waals surface area contributed by atoms with Gasteiger partial charge in [-0.15, -0.1) is 0 Å². The van der Waals surface area contributed by atoms with Crippen molar-refractivity contribution in [2.45, 2.75) is 54.8 Å². The molecule has 1 aromatic carbocycles. The number of hydrogen-bond acceptors (Lipinski definition) is 9. The first kappa shape index (κ1) is 26.4. The van der Waals surface area contributed by atoms with Crippen molar-refractivity contribution < 1.29 is 0 Å². The Kier molecular flexibility index (Phi) is 12.9. The maximum Gasteiger partial charge on any atom is 0.227 e. The van der Waals surface area contributed by atoms with Crippen molar-refractivity contribution >= 4 is 66.5 Å². The van der Waals surface area contributed by atoms with E-state index in [0.29, 0.717) is 5.95 Å². The second-order valence-electron chi connectivity index (χ2n) is 7.73. The summed E-state index contributed by atoms with van der Waals surface area (Å²) in [5.41, 5.74) is 2.99. The Hall–Kier alpha value is -0.220. The Bertz CT molecular complexity index is 758. The Morgan fingerprint density at radius 1 is 0.812 bits per heavy atom. The SMILES string of the molecule is SCCSc1nc(NCCSCCc2ccc(C3CCCCC3)cc2)nc(SCCS)n1. The van der Waals surface area contributed by atoms with Gasteiger partial charge in [-0.3, -0.25) is 0 Å². The van der Waals surface area contributed by atoms with E-state index >= 15 is 0 Å². The molecule has 1 aliphatic carbocycles. The quantitative estimate of drug-likeness (QED) is 0.151. The van der Waals surface area contributed by atoms with Crippen molar-refractivity contribution in [1.82, 2.24) is 15.0 Å². The lowest BCUT2D eigenvalue weighted by molar-refractivity contribution is 0.443. The van der Waals surface area contributed by atoms with E-state index in [0.717, 1.165) is 63.7 Å². The molecule has 1 saturated carbocycles. The monoisotopic (exact) mass is 526 g/mol. The van der Waals surface area contributed by atoms with Crippen LogP contribution in [0.25, 0.3) is 0 Å². The van der Waals surface area contributed by atoms with Crippen molar-refractivity contribution in [3.63, 3.8) is 0 Å². The van der Waals surface area contributed by atoms with E-state index in [1.54, 1.807) is 29.1 Å². The van der Waals surface area contributed by atoms with Crippen LogP contribution in [0.1, 0.15) is 49.1 Å². The molecule has 0 radical (unpaired) electrons. The van der Waals surface area contributed by atoms with Gasteiger partial charge in [0.2, 0.25) is 5.95 Å². The second-order valence-corrected chi connectivity index (χ2v) is 12.0. The van der Waals surface area contributed by atoms with Crippen LogP contribution in [0.15, 0.2) is 34.6 Å². The summed E-state index contributed by atoms with van der Waals surface area (Å²) in [7, 11) is 0. The van der Waals surface area contributed by atoms with Gasteiger partial charge in [-0.2, -0.15) is 52.0 Å². The van der Waals surface area contributed by atoms with Gasteiger partial charge >= 0.3 is 0 Å². The van der Waals surface area contributed by atoms with Crippen molar-refractivity contribution in [2.24, 2.45) is 0 Å². The van der Waals surface area contributed by atoms with Crippen molar-refractivity contribution in [3.8, 4) is 0 Å². The van der Waals surface area contributed by atoms with Crippen molar-refractivity contribution in [1.29, 1.82) is 0 Å². The predicted octanol–water partition coefficient (Wildman–Crippen LogP) is 6.35. The van der Waals surface area contributed by atoms with Crippen LogP contribution in [-0.4, -0.2) is 56.0 Å². The number of thiol groups is 2. The van der Waals surface area contributed by atoms with Gasteiger partial charge in [-0.25, -0.2) is 0 Å². The molecular formula is C23H34N4S5. The van der Waals surface area contributed by atoms with Crippen LogP contribution in [0.4, 0.5) is 5.95 Å². The number of nitrogens with zero attached hydrogens (tertiary/aromatic N) is 3. The minimum absolute atomic E-state index is 0.669. The fraction of sp³-hybridized carbons (Fsp3) is 0.609. The standard InChI is InChI=1S/C23H34N4S5/c28-12-16-31-22-25-21(26-23(27-22)32-17-13-29)24-11-15-30-14-10-18-6-8-20(9-7-18)19-4-2-1-3-5-19/h6-9,19,28-29H,1-5,10-17H2,(H,24,25,26,27). The highest BCUT2D eigenvalue weighted by Crippen LogP contribution is 2.32. The number of aromatic nitrogens is 3. The Morgan fingerprint density at radius 2 is 1.47 bits per heavy atom. The van der Waals surface area contributed by atoms with Crippen LogP contribution >= 0.6 is 60.5 Å². The number of aryl methyl sites for hydroxylation is 1. The maximum atomic E-state index is 4.55. The predicted molar refractivity (Wildman–Crippen MR) is 151 cm³/mol. The number of nitrogens with one attached hydrogen (secondary N) is 1. The van der Waals surface area contributed by atoms with E-state index in [1.807, 2.05) is 11.8 Å². The van der Waals surface area contributed by atoms with E-state index in [2.05, 4.69) is 69.8 Å². The molecule has 0 spiro atoms. The molecule has 176 valence electrons. The lowest BCUT2D eigenvalue weighted by Gasteiger charge is -2.22. The fourth-order valence-electron chi connectivity index (χ4n) is 3.74. The molecule has 0 unspecified atom stereocenters. The summed E-state index contributed by atoms with van der Waals surface area (Å²) in [6.45, 7) is 0.850. The molecule has 0 aliphatic heterocycles. The average Bonchev–Trinajstić information content (AvgIpc) is 2.84. The molecule has 2 aromatic rings. The van der Waals surface area contributed by atoms with Crippen LogP contribution in [0.3, 0.4) is 0 Å². The van der Waals surface area contributed by atoms with E-state index in [1.165, 1.54) is 37.7 Å². The Labute approximate surface area is 216 Å². The molecule has 0 bridgehead atoms. The van der Waals surface area contributed by atoms with Gasteiger partial charge in [-0.1, -0.05) is 67.1 Å². The molecule has 1 aromatic heterocycles. The Balaban J connectivity index is 1.37. The molecule has 0 amide bonds. The first-order chi connectivity index (χ1) is 15.8. The second kappa shape index (κ2) is 15.6. The molecule has 32 heavy (non-hydrogen) atoms. The zero-order valence-electron chi connectivity index (χ0n) is 18.5. The van der Waals surface area contributed by atoms with Crippen molar-refractivity contribution in [3.05, 3.63) is 35.4 Å². The number of thioether (sulfide) groups is 3. The van der Waals surface area contributed by atoms with Crippen LogP contribution < -0.4 is 5.32 Å². The van der Waals surface area contributed by atoms with E-state index in [-0.39, 0.29) is 0 Å². The summed E-state index contributed by atoms with van der Waals surface area (Å²) in [4.78, 5) is 13.6. The highest BCUT2D eigenvalue weighted by molar-refractivity contribution is 8.00. The first-order valence-corrected chi connectivity index (χ1v) is 15.8. The number of hydrogen-bond donors (Lipinski definition) is 3. The number of benzene rings is 1. The van der Waals surface area contributed by atoms with E-state index < -0.39 is 0 Å². The lowest BCUT2D eigenvalue weighted by atomic mass is 9.84. The molecule has 0 saturated heterocycles. The summed E-state index contributed by atoms with van der Waals surface area (Å²) in [5, 5.41) is 4.91. The number of anilines is 1. The molecule has 1 fully saturated rings. The minimum Gasteiger partial charge on any atom is -0.353 e. The topological polar surface area (TPSA) is 50.7 Å². The van der Waals surface area contributed by atoms with Crippen LogP contribution in [-0.2, 0) is 6.42 Å². The van der Waals surface area contributed by atoms with Gasteiger partial charge in [-0.05, 0) is 53.6 Å². The minimum atomic E-state index is 0.669.